The van der Waals surface area contributed by atoms with Gasteiger partial charge < -0.3 is 19.6 Å². The Balaban J connectivity index is 2.40. The average molecular weight is 248 g/mol. The summed E-state index contributed by atoms with van der Waals surface area (Å²) in [5, 5.41) is 0. The summed E-state index contributed by atoms with van der Waals surface area (Å²) in [7, 11) is 3.23. The van der Waals surface area contributed by atoms with Crippen LogP contribution in [0.2, 0.25) is 0 Å². The van der Waals surface area contributed by atoms with E-state index >= 15 is 0 Å². The first-order valence-corrected chi connectivity index (χ1v) is 5.65. The van der Waals surface area contributed by atoms with E-state index in [1.165, 1.54) is 0 Å². The number of rotatable bonds is 5. The molecule has 0 fully saturated rings. The van der Waals surface area contributed by atoms with Crippen molar-refractivity contribution in [3.05, 3.63) is 30.3 Å². The SMILES string of the molecule is COc1ccc(OC)c(-c2cnc(CCN)o2)c1. The number of aromatic nitrogens is 1. The molecule has 0 radical (unpaired) electrons. The fourth-order valence-corrected chi connectivity index (χ4v) is 1.68. The summed E-state index contributed by atoms with van der Waals surface area (Å²) in [6, 6.07) is 5.52. The van der Waals surface area contributed by atoms with Gasteiger partial charge in [-0.25, -0.2) is 4.98 Å². The molecule has 1 heterocycles. The summed E-state index contributed by atoms with van der Waals surface area (Å²) in [5.74, 6) is 2.72. The van der Waals surface area contributed by atoms with Gasteiger partial charge in [-0.05, 0) is 18.2 Å². The molecule has 0 atom stereocenters. The van der Waals surface area contributed by atoms with E-state index in [2.05, 4.69) is 4.98 Å². The lowest BCUT2D eigenvalue weighted by Gasteiger charge is -2.07. The van der Waals surface area contributed by atoms with Crippen molar-refractivity contribution in [1.82, 2.24) is 4.98 Å². The molecular formula is C13H16N2O3. The molecule has 18 heavy (non-hydrogen) atoms. The molecule has 0 aliphatic heterocycles. The van der Waals surface area contributed by atoms with E-state index in [0.717, 1.165) is 11.3 Å². The quantitative estimate of drug-likeness (QED) is 0.874. The number of ether oxygens (including phenoxy) is 2. The number of nitrogens with two attached hydrogens (primary N) is 1. The Labute approximate surface area is 106 Å². The molecule has 0 unspecified atom stereocenters. The summed E-state index contributed by atoms with van der Waals surface area (Å²) >= 11 is 0. The van der Waals surface area contributed by atoms with Crippen LogP contribution >= 0.6 is 0 Å². The zero-order valence-electron chi connectivity index (χ0n) is 10.5. The van der Waals surface area contributed by atoms with Crippen LogP contribution in [0.15, 0.2) is 28.8 Å². The minimum Gasteiger partial charge on any atom is -0.497 e. The Morgan fingerprint density at radius 1 is 1.28 bits per heavy atom. The molecule has 5 heteroatoms. The van der Waals surface area contributed by atoms with Crippen LogP contribution in [0, 0.1) is 0 Å². The van der Waals surface area contributed by atoms with E-state index in [9.17, 15) is 0 Å². The lowest BCUT2D eigenvalue weighted by Crippen LogP contribution is -2.02. The van der Waals surface area contributed by atoms with Gasteiger partial charge in [0.1, 0.15) is 11.5 Å². The van der Waals surface area contributed by atoms with Gasteiger partial charge in [0.25, 0.3) is 0 Å². The number of benzene rings is 1. The zero-order valence-corrected chi connectivity index (χ0v) is 10.5. The lowest BCUT2D eigenvalue weighted by atomic mass is 10.1. The van der Waals surface area contributed by atoms with E-state index in [1.54, 1.807) is 20.4 Å². The van der Waals surface area contributed by atoms with Crippen LogP contribution in [-0.2, 0) is 6.42 Å². The summed E-state index contributed by atoms with van der Waals surface area (Å²) in [4.78, 5) is 4.17. The molecule has 0 aliphatic rings. The minimum atomic E-state index is 0.509. The fraction of sp³-hybridized carbons (Fsp3) is 0.308. The van der Waals surface area contributed by atoms with Crippen LogP contribution in [0.3, 0.4) is 0 Å². The summed E-state index contributed by atoms with van der Waals surface area (Å²) in [6.45, 7) is 0.509. The van der Waals surface area contributed by atoms with E-state index in [-0.39, 0.29) is 0 Å². The van der Waals surface area contributed by atoms with Crippen molar-refractivity contribution in [2.75, 3.05) is 20.8 Å². The molecule has 5 nitrogen and oxygen atoms in total. The van der Waals surface area contributed by atoms with E-state index in [4.69, 9.17) is 19.6 Å². The van der Waals surface area contributed by atoms with Crippen molar-refractivity contribution in [2.24, 2.45) is 5.73 Å². The van der Waals surface area contributed by atoms with Crippen molar-refractivity contribution in [2.45, 2.75) is 6.42 Å². The lowest BCUT2D eigenvalue weighted by molar-refractivity contribution is 0.402. The monoisotopic (exact) mass is 248 g/mol. The Morgan fingerprint density at radius 2 is 2.11 bits per heavy atom. The molecule has 0 saturated heterocycles. The second kappa shape index (κ2) is 5.55. The van der Waals surface area contributed by atoms with Gasteiger partial charge in [0.05, 0.1) is 26.0 Å². The average Bonchev–Trinajstić information content (AvgIpc) is 2.87. The number of hydrogen-bond donors (Lipinski definition) is 1. The van der Waals surface area contributed by atoms with Gasteiger partial charge in [-0.15, -0.1) is 0 Å². The third-order valence-electron chi connectivity index (χ3n) is 2.58. The van der Waals surface area contributed by atoms with Gasteiger partial charge in [-0.1, -0.05) is 0 Å². The second-order valence-corrected chi connectivity index (χ2v) is 3.72. The Morgan fingerprint density at radius 3 is 2.78 bits per heavy atom. The first-order valence-electron chi connectivity index (χ1n) is 5.65. The maximum Gasteiger partial charge on any atom is 0.196 e. The molecule has 0 saturated carbocycles. The van der Waals surface area contributed by atoms with Gasteiger partial charge in [-0.3, -0.25) is 0 Å². The van der Waals surface area contributed by atoms with Crippen molar-refractivity contribution in [3.63, 3.8) is 0 Å². The van der Waals surface area contributed by atoms with Gasteiger partial charge in [0.2, 0.25) is 0 Å². The predicted octanol–water partition coefficient (Wildman–Crippen LogP) is 1.86. The first kappa shape index (κ1) is 12.4. The predicted molar refractivity (Wildman–Crippen MR) is 67.8 cm³/mol. The molecule has 96 valence electrons. The standard InChI is InChI=1S/C13H16N2O3/c1-16-9-3-4-11(17-2)10(7-9)12-8-15-13(18-12)5-6-14/h3-4,7-8H,5-6,14H2,1-2H3. The molecular weight excluding hydrogens is 232 g/mol. The van der Waals surface area contributed by atoms with Gasteiger partial charge in [0.15, 0.2) is 11.7 Å². The third kappa shape index (κ3) is 2.46. The highest BCUT2D eigenvalue weighted by Gasteiger charge is 2.12. The van der Waals surface area contributed by atoms with Crippen LogP contribution in [0.4, 0.5) is 0 Å². The molecule has 0 amide bonds. The molecule has 2 N–H and O–H groups in total. The third-order valence-corrected chi connectivity index (χ3v) is 2.58. The molecule has 2 rings (SSSR count). The maximum atomic E-state index is 5.63. The Bertz CT molecular complexity index is 523. The highest BCUT2D eigenvalue weighted by molar-refractivity contribution is 5.67. The molecule has 0 aliphatic carbocycles. The largest absolute Gasteiger partial charge is 0.497 e. The molecule has 0 bridgehead atoms. The topological polar surface area (TPSA) is 70.5 Å². The van der Waals surface area contributed by atoms with Crippen LogP contribution in [0.1, 0.15) is 5.89 Å². The molecule has 1 aromatic heterocycles. The Kier molecular flexibility index (Phi) is 3.84. The van der Waals surface area contributed by atoms with Crippen molar-refractivity contribution in [3.8, 4) is 22.8 Å². The second-order valence-electron chi connectivity index (χ2n) is 3.72. The van der Waals surface area contributed by atoms with Crippen LogP contribution in [0.5, 0.6) is 11.5 Å². The summed E-state index contributed by atoms with van der Waals surface area (Å²) < 4.78 is 16.1. The van der Waals surface area contributed by atoms with Gasteiger partial charge >= 0.3 is 0 Å². The number of oxazole rings is 1. The van der Waals surface area contributed by atoms with Crippen LogP contribution in [-0.4, -0.2) is 25.7 Å². The number of methoxy groups -OCH3 is 2. The molecule has 2 aromatic rings. The summed E-state index contributed by atoms with van der Waals surface area (Å²) in [6.07, 6.45) is 2.29. The molecule has 1 aromatic carbocycles. The zero-order chi connectivity index (χ0) is 13.0. The van der Waals surface area contributed by atoms with Gasteiger partial charge in [0, 0.05) is 13.0 Å². The van der Waals surface area contributed by atoms with Crippen molar-refractivity contribution < 1.29 is 13.9 Å². The normalized spacial score (nSPS) is 10.4. The minimum absolute atomic E-state index is 0.509. The van der Waals surface area contributed by atoms with Crippen LogP contribution < -0.4 is 15.2 Å². The van der Waals surface area contributed by atoms with E-state index < -0.39 is 0 Å². The van der Waals surface area contributed by atoms with E-state index in [0.29, 0.717) is 30.4 Å². The number of hydrogen-bond acceptors (Lipinski definition) is 5. The van der Waals surface area contributed by atoms with Crippen LogP contribution in [0.25, 0.3) is 11.3 Å². The smallest absolute Gasteiger partial charge is 0.196 e. The van der Waals surface area contributed by atoms with Crippen molar-refractivity contribution in [1.29, 1.82) is 0 Å². The van der Waals surface area contributed by atoms with Crippen molar-refractivity contribution >= 4 is 0 Å². The highest BCUT2D eigenvalue weighted by atomic mass is 16.5. The molecule has 0 spiro atoms. The van der Waals surface area contributed by atoms with Gasteiger partial charge in [-0.2, -0.15) is 0 Å². The number of nitrogens with zero attached hydrogens (tertiary/aromatic N) is 1. The Hall–Kier alpha value is -2.01. The first-order chi connectivity index (χ1) is 8.78. The highest BCUT2D eigenvalue weighted by Crippen LogP contribution is 2.33. The summed E-state index contributed by atoms with van der Waals surface area (Å²) in [5.41, 5.74) is 6.28. The fourth-order valence-electron chi connectivity index (χ4n) is 1.68. The maximum absolute atomic E-state index is 5.63. The van der Waals surface area contributed by atoms with E-state index in [1.807, 2.05) is 18.2 Å².